The van der Waals surface area contributed by atoms with Crippen LogP contribution in [0.1, 0.15) is 46.0 Å². The molecule has 112 valence electrons. The van der Waals surface area contributed by atoms with Gasteiger partial charge in [0.25, 0.3) is 0 Å². The van der Waals surface area contributed by atoms with Crippen molar-refractivity contribution >= 4 is 5.97 Å². The van der Waals surface area contributed by atoms with Crippen LogP contribution in [0.3, 0.4) is 0 Å². The quantitative estimate of drug-likeness (QED) is 0.785. The third-order valence-corrected chi connectivity index (χ3v) is 4.62. The van der Waals surface area contributed by atoms with Gasteiger partial charge in [-0.1, -0.05) is 32.1 Å². The van der Waals surface area contributed by atoms with Crippen LogP contribution >= 0.6 is 0 Å². The fraction of sp³-hybridized carbons (Fsp3) is 0.706. The Morgan fingerprint density at radius 1 is 1.55 bits per heavy atom. The predicted octanol–water partition coefficient (Wildman–Crippen LogP) is 3.24. The lowest BCUT2D eigenvalue weighted by Gasteiger charge is -2.36. The second-order valence-electron chi connectivity index (χ2n) is 6.07. The molecule has 3 heteroatoms. The van der Waals surface area contributed by atoms with Crippen LogP contribution in [0.15, 0.2) is 23.8 Å². The van der Waals surface area contributed by atoms with Crippen molar-refractivity contribution in [3.63, 3.8) is 0 Å². The molecule has 2 aliphatic carbocycles. The number of hydrogen-bond donors (Lipinski definition) is 1. The number of carbonyl (C=O) groups excluding carboxylic acids is 1. The van der Waals surface area contributed by atoms with Crippen LogP contribution in [0.25, 0.3) is 0 Å². The van der Waals surface area contributed by atoms with Gasteiger partial charge in [-0.25, -0.2) is 0 Å². The zero-order valence-electron chi connectivity index (χ0n) is 12.5. The van der Waals surface area contributed by atoms with Gasteiger partial charge < -0.3 is 9.84 Å². The van der Waals surface area contributed by atoms with Gasteiger partial charge in [0.15, 0.2) is 0 Å². The van der Waals surface area contributed by atoms with Gasteiger partial charge in [0.1, 0.15) is 0 Å². The first-order valence-corrected chi connectivity index (χ1v) is 7.83. The van der Waals surface area contributed by atoms with Crippen LogP contribution in [0, 0.1) is 17.8 Å². The van der Waals surface area contributed by atoms with Gasteiger partial charge in [-0.2, -0.15) is 0 Å². The molecular formula is C17H26O3. The number of carbonyl (C=O) groups is 1. The molecular weight excluding hydrogens is 252 g/mol. The fourth-order valence-electron chi connectivity index (χ4n) is 3.20. The van der Waals surface area contributed by atoms with Crippen molar-refractivity contribution < 1.29 is 14.6 Å². The maximum absolute atomic E-state index is 11.7. The smallest absolute Gasteiger partial charge is 0.308 e. The Labute approximate surface area is 121 Å². The highest BCUT2D eigenvalue weighted by Gasteiger charge is 2.32. The molecule has 20 heavy (non-hydrogen) atoms. The number of aliphatic hydroxyl groups excluding tert-OH is 1. The minimum absolute atomic E-state index is 0.112. The predicted molar refractivity (Wildman–Crippen MR) is 79.1 cm³/mol. The third-order valence-electron chi connectivity index (χ3n) is 4.62. The van der Waals surface area contributed by atoms with E-state index < -0.39 is 6.10 Å². The molecule has 0 radical (unpaired) electrons. The van der Waals surface area contributed by atoms with E-state index in [4.69, 9.17) is 4.74 Å². The second kappa shape index (κ2) is 7.07. The number of esters is 1. The maximum Gasteiger partial charge on any atom is 0.308 e. The van der Waals surface area contributed by atoms with Crippen LogP contribution in [0.5, 0.6) is 0 Å². The summed E-state index contributed by atoms with van der Waals surface area (Å²) in [4.78, 5) is 11.7. The molecule has 0 spiro atoms. The van der Waals surface area contributed by atoms with E-state index in [1.165, 1.54) is 24.8 Å². The SMILES string of the molecule is CCC(O)CC(=O)OCC1C(C)C=CC2=CCCCC21. The van der Waals surface area contributed by atoms with E-state index in [0.29, 0.717) is 30.8 Å². The molecule has 0 saturated carbocycles. The standard InChI is InChI=1S/C17H26O3/c1-3-14(18)10-17(19)20-11-16-12(2)8-9-13-6-4-5-7-15(13)16/h6,8-9,12,14-16,18H,3-5,7,10-11H2,1-2H3. The molecule has 0 heterocycles. The van der Waals surface area contributed by atoms with Crippen molar-refractivity contribution in [2.24, 2.45) is 17.8 Å². The highest BCUT2D eigenvalue weighted by Crippen LogP contribution is 2.39. The first-order valence-electron chi connectivity index (χ1n) is 7.83. The second-order valence-corrected chi connectivity index (χ2v) is 6.07. The van der Waals surface area contributed by atoms with E-state index >= 15 is 0 Å². The molecule has 3 nitrogen and oxygen atoms in total. The van der Waals surface area contributed by atoms with Gasteiger partial charge in [-0.3, -0.25) is 4.79 Å². The van der Waals surface area contributed by atoms with Gasteiger partial charge in [-0.15, -0.1) is 0 Å². The lowest BCUT2D eigenvalue weighted by atomic mass is 9.70. The normalized spacial score (nSPS) is 30.4. The lowest BCUT2D eigenvalue weighted by Crippen LogP contribution is -2.32. The number of aliphatic hydroxyl groups is 1. The first-order chi connectivity index (χ1) is 9.61. The minimum Gasteiger partial charge on any atom is -0.465 e. The molecule has 0 aromatic rings. The van der Waals surface area contributed by atoms with Crippen LogP contribution in [-0.2, 0) is 9.53 Å². The molecule has 0 aliphatic heterocycles. The van der Waals surface area contributed by atoms with Crippen molar-refractivity contribution in [3.8, 4) is 0 Å². The van der Waals surface area contributed by atoms with Crippen molar-refractivity contribution in [1.29, 1.82) is 0 Å². The van der Waals surface area contributed by atoms with Gasteiger partial charge >= 0.3 is 5.97 Å². The first kappa shape index (κ1) is 15.3. The van der Waals surface area contributed by atoms with E-state index in [-0.39, 0.29) is 12.4 Å². The summed E-state index contributed by atoms with van der Waals surface area (Å²) in [5.41, 5.74) is 1.42. The molecule has 2 rings (SSSR count). The molecule has 0 aromatic carbocycles. The molecule has 0 aromatic heterocycles. The number of hydrogen-bond acceptors (Lipinski definition) is 3. The Balaban J connectivity index is 1.91. The summed E-state index contributed by atoms with van der Waals surface area (Å²) >= 11 is 0. The molecule has 4 atom stereocenters. The largest absolute Gasteiger partial charge is 0.465 e. The van der Waals surface area contributed by atoms with E-state index in [1.54, 1.807) is 0 Å². The highest BCUT2D eigenvalue weighted by atomic mass is 16.5. The average Bonchev–Trinajstić information content (AvgIpc) is 2.46. The Morgan fingerprint density at radius 3 is 3.10 bits per heavy atom. The fourth-order valence-corrected chi connectivity index (χ4v) is 3.20. The van der Waals surface area contributed by atoms with Gasteiger partial charge in [0.05, 0.1) is 19.1 Å². The highest BCUT2D eigenvalue weighted by molar-refractivity contribution is 5.69. The average molecular weight is 278 g/mol. The molecule has 4 unspecified atom stereocenters. The Hall–Kier alpha value is -1.09. The Morgan fingerprint density at radius 2 is 2.35 bits per heavy atom. The van der Waals surface area contributed by atoms with E-state index in [2.05, 4.69) is 25.2 Å². The summed E-state index contributed by atoms with van der Waals surface area (Å²) in [5, 5.41) is 9.48. The van der Waals surface area contributed by atoms with Crippen LogP contribution in [-0.4, -0.2) is 23.8 Å². The van der Waals surface area contributed by atoms with Gasteiger partial charge in [-0.05, 0) is 43.1 Å². The van der Waals surface area contributed by atoms with Crippen LogP contribution in [0.2, 0.25) is 0 Å². The van der Waals surface area contributed by atoms with Crippen LogP contribution < -0.4 is 0 Å². The maximum atomic E-state index is 11.7. The molecule has 0 saturated heterocycles. The van der Waals surface area contributed by atoms with Crippen LogP contribution in [0.4, 0.5) is 0 Å². The monoisotopic (exact) mass is 278 g/mol. The zero-order valence-corrected chi connectivity index (χ0v) is 12.5. The van der Waals surface area contributed by atoms with Crippen molar-refractivity contribution in [2.45, 2.75) is 52.1 Å². The molecule has 2 aliphatic rings. The topological polar surface area (TPSA) is 46.5 Å². The minimum atomic E-state index is -0.573. The molecule has 0 amide bonds. The van der Waals surface area contributed by atoms with Crippen molar-refractivity contribution in [3.05, 3.63) is 23.8 Å². The summed E-state index contributed by atoms with van der Waals surface area (Å²) in [6, 6.07) is 0. The molecule has 0 bridgehead atoms. The number of allylic oxidation sites excluding steroid dienone is 4. The number of rotatable bonds is 5. The van der Waals surface area contributed by atoms with E-state index in [9.17, 15) is 9.90 Å². The molecule has 0 fully saturated rings. The Bertz CT molecular complexity index is 397. The third kappa shape index (κ3) is 3.72. The lowest BCUT2D eigenvalue weighted by molar-refractivity contribution is -0.148. The van der Waals surface area contributed by atoms with Crippen molar-refractivity contribution in [2.75, 3.05) is 6.61 Å². The van der Waals surface area contributed by atoms with Gasteiger partial charge in [0.2, 0.25) is 0 Å². The van der Waals surface area contributed by atoms with Crippen molar-refractivity contribution in [1.82, 2.24) is 0 Å². The molecule has 1 N–H and O–H groups in total. The van der Waals surface area contributed by atoms with E-state index in [1.807, 2.05) is 6.92 Å². The summed E-state index contributed by atoms with van der Waals surface area (Å²) in [7, 11) is 0. The van der Waals surface area contributed by atoms with Gasteiger partial charge in [0, 0.05) is 5.92 Å². The zero-order chi connectivity index (χ0) is 14.5. The summed E-state index contributed by atoms with van der Waals surface area (Å²) in [6.07, 6.45) is 10.5. The summed E-state index contributed by atoms with van der Waals surface area (Å²) in [6.45, 7) is 4.54. The Kier molecular flexibility index (Phi) is 5.41. The summed E-state index contributed by atoms with van der Waals surface area (Å²) in [5.74, 6) is 1.09. The number of ether oxygens (including phenoxy) is 1. The summed E-state index contributed by atoms with van der Waals surface area (Å²) < 4.78 is 5.41. The number of fused-ring (bicyclic) bond motifs is 1. The van der Waals surface area contributed by atoms with E-state index in [0.717, 1.165) is 0 Å².